The van der Waals surface area contributed by atoms with E-state index in [0.29, 0.717) is 6.54 Å². The fourth-order valence-electron chi connectivity index (χ4n) is 3.90. The molecule has 2 atom stereocenters. The molecule has 2 fully saturated rings. The fraction of sp³-hybridized carbons (Fsp3) is 0.737. The van der Waals surface area contributed by atoms with Crippen LogP contribution >= 0.6 is 24.0 Å². The molecular weight excluding hydrogens is 473 g/mol. The first-order valence-electron chi connectivity index (χ1n) is 9.81. The van der Waals surface area contributed by atoms with Gasteiger partial charge in [-0.15, -0.1) is 24.0 Å². The molecule has 2 unspecified atom stereocenters. The Morgan fingerprint density at radius 2 is 2.04 bits per heavy atom. The number of carbonyl (C=O) groups is 1. The van der Waals surface area contributed by atoms with Gasteiger partial charge in [-0.3, -0.25) is 0 Å². The molecule has 158 valence electrons. The van der Waals surface area contributed by atoms with Crippen LogP contribution in [-0.2, 0) is 11.3 Å². The monoisotopic (exact) mass is 505 g/mol. The van der Waals surface area contributed by atoms with Crippen LogP contribution in [0, 0.1) is 0 Å². The van der Waals surface area contributed by atoms with E-state index in [2.05, 4.69) is 20.8 Å². The highest BCUT2D eigenvalue weighted by atomic mass is 127. The molecule has 8 nitrogen and oxygen atoms in total. The summed E-state index contributed by atoms with van der Waals surface area (Å²) in [6.45, 7) is 9.03. The third-order valence-electron chi connectivity index (χ3n) is 4.91. The molecule has 0 radical (unpaired) electrons. The van der Waals surface area contributed by atoms with Crippen molar-refractivity contribution >= 4 is 36.0 Å². The maximum absolute atomic E-state index is 12.6. The number of carbonyl (C=O) groups excluding carboxylic acids is 1. The number of ether oxygens (including phenoxy) is 1. The van der Waals surface area contributed by atoms with E-state index in [0.717, 1.165) is 43.9 Å². The maximum atomic E-state index is 12.6. The standard InChI is InChI=1S/C19H31N5O3.HI/c1-5-20-17(21-12-13-8-9-26-23-13)22-14-10-15-6-7-16(11-14)24(15)18(25)27-19(2,3)4;/h8-9,14-16H,5-7,10-12H2,1-4H3,(H2,20,21,22);1H. The van der Waals surface area contributed by atoms with Crippen molar-refractivity contribution in [2.75, 3.05) is 6.54 Å². The van der Waals surface area contributed by atoms with Crippen molar-refractivity contribution in [1.29, 1.82) is 0 Å². The lowest BCUT2D eigenvalue weighted by atomic mass is 9.98. The summed E-state index contributed by atoms with van der Waals surface area (Å²) < 4.78 is 10.5. The second-order valence-corrected chi connectivity index (χ2v) is 8.27. The van der Waals surface area contributed by atoms with Crippen LogP contribution in [0.1, 0.15) is 59.1 Å². The van der Waals surface area contributed by atoms with Gasteiger partial charge in [0, 0.05) is 30.7 Å². The van der Waals surface area contributed by atoms with E-state index in [4.69, 9.17) is 9.26 Å². The minimum absolute atomic E-state index is 0. The summed E-state index contributed by atoms with van der Waals surface area (Å²) in [6.07, 6.45) is 5.26. The number of nitrogens with one attached hydrogen (secondary N) is 2. The Morgan fingerprint density at radius 1 is 1.36 bits per heavy atom. The van der Waals surface area contributed by atoms with Crippen LogP contribution in [-0.4, -0.2) is 52.4 Å². The predicted molar refractivity (Wildman–Crippen MR) is 118 cm³/mol. The molecule has 3 rings (SSSR count). The van der Waals surface area contributed by atoms with Gasteiger partial charge in [0.25, 0.3) is 0 Å². The maximum Gasteiger partial charge on any atom is 0.410 e. The van der Waals surface area contributed by atoms with E-state index in [1.807, 2.05) is 38.7 Å². The van der Waals surface area contributed by atoms with Crippen LogP contribution in [0.15, 0.2) is 21.8 Å². The lowest BCUT2D eigenvalue weighted by molar-refractivity contribution is 0.00545. The largest absolute Gasteiger partial charge is 0.444 e. The van der Waals surface area contributed by atoms with Crippen LogP contribution in [0.5, 0.6) is 0 Å². The van der Waals surface area contributed by atoms with Gasteiger partial charge in [0.05, 0.1) is 6.54 Å². The van der Waals surface area contributed by atoms with E-state index in [9.17, 15) is 4.79 Å². The number of nitrogens with zero attached hydrogens (tertiary/aromatic N) is 3. The average Bonchev–Trinajstić information content (AvgIpc) is 3.18. The number of aliphatic imine (C=N–C) groups is 1. The topological polar surface area (TPSA) is 92.0 Å². The van der Waals surface area contributed by atoms with Gasteiger partial charge in [0.1, 0.15) is 17.6 Å². The minimum atomic E-state index is -0.461. The third kappa shape index (κ3) is 5.99. The van der Waals surface area contributed by atoms with Crippen molar-refractivity contribution in [3.05, 3.63) is 18.0 Å². The second-order valence-electron chi connectivity index (χ2n) is 8.27. The van der Waals surface area contributed by atoms with Gasteiger partial charge in [-0.2, -0.15) is 0 Å². The van der Waals surface area contributed by atoms with Gasteiger partial charge in [0.15, 0.2) is 5.96 Å². The predicted octanol–water partition coefficient (Wildman–Crippen LogP) is 3.28. The number of hydrogen-bond acceptors (Lipinski definition) is 5. The summed E-state index contributed by atoms with van der Waals surface area (Å²) in [5.74, 6) is 0.774. The number of amides is 1. The number of guanidine groups is 1. The van der Waals surface area contributed by atoms with Crippen molar-refractivity contribution in [3.8, 4) is 0 Å². The molecule has 0 spiro atoms. The molecule has 28 heavy (non-hydrogen) atoms. The van der Waals surface area contributed by atoms with E-state index in [-0.39, 0.29) is 48.2 Å². The molecule has 2 N–H and O–H groups in total. The zero-order valence-corrected chi connectivity index (χ0v) is 19.4. The second kappa shape index (κ2) is 9.80. The smallest absolute Gasteiger partial charge is 0.410 e. The first-order valence-corrected chi connectivity index (χ1v) is 9.81. The molecule has 0 aliphatic carbocycles. The summed E-state index contributed by atoms with van der Waals surface area (Å²) in [6, 6.07) is 2.56. The van der Waals surface area contributed by atoms with E-state index in [1.165, 1.54) is 0 Å². The van der Waals surface area contributed by atoms with E-state index < -0.39 is 5.60 Å². The number of halogens is 1. The number of piperidine rings is 1. The van der Waals surface area contributed by atoms with Crippen LogP contribution in [0.4, 0.5) is 4.79 Å². The summed E-state index contributed by atoms with van der Waals surface area (Å²) >= 11 is 0. The Bertz CT molecular complexity index is 645. The van der Waals surface area contributed by atoms with Crippen LogP contribution in [0.25, 0.3) is 0 Å². The third-order valence-corrected chi connectivity index (χ3v) is 4.91. The van der Waals surface area contributed by atoms with E-state index >= 15 is 0 Å². The van der Waals surface area contributed by atoms with Gasteiger partial charge < -0.3 is 24.8 Å². The zero-order valence-electron chi connectivity index (χ0n) is 17.1. The Morgan fingerprint density at radius 3 is 2.57 bits per heavy atom. The van der Waals surface area contributed by atoms with Gasteiger partial charge in [0.2, 0.25) is 0 Å². The number of rotatable bonds is 4. The summed E-state index contributed by atoms with van der Waals surface area (Å²) in [5, 5.41) is 10.7. The number of hydrogen-bond donors (Lipinski definition) is 2. The average molecular weight is 505 g/mol. The molecule has 1 amide bonds. The highest BCUT2D eigenvalue weighted by molar-refractivity contribution is 14.0. The lowest BCUT2D eigenvalue weighted by Crippen LogP contribution is -2.55. The molecule has 2 saturated heterocycles. The summed E-state index contributed by atoms with van der Waals surface area (Å²) in [5.41, 5.74) is 0.337. The molecule has 1 aromatic rings. The summed E-state index contributed by atoms with van der Waals surface area (Å²) in [4.78, 5) is 19.1. The highest BCUT2D eigenvalue weighted by Gasteiger charge is 2.45. The van der Waals surface area contributed by atoms with Gasteiger partial charge in [-0.05, 0) is 53.4 Å². The van der Waals surface area contributed by atoms with Crippen LogP contribution in [0.2, 0.25) is 0 Å². The van der Waals surface area contributed by atoms with Crippen molar-refractivity contribution in [2.24, 2.45) is 4.99 Å². The molecule has 2 bridgehead atoms. The van der Waals surface area contributed by atoms with Gasteiger partial charge in [-0.1, -0.05) is 5.16 Å². The summed E-state index contributed by atoms with van der Waals surface area (Å²) in [7, 11) is 0. The first-order chi connectivity index (χ1) is 12.9. The Balaban J connectivity index is 0.00000280. The molecule has 2 aliphatic heterocycles. The Labute approximate surface area is 183 Å². The molecule has 0 aromatic carbocycles. The molecular formula is C19H32IN5O3. The van der Waals surface area contributed by atoms with Crippen molar-refractivity contribution in [2.45, 2.75) is 83.6 Å². The quantitative estimate of drug-likeness (QED) is 0.371. The van der Waals surface area contributed by atoms with Crippen molar-refractivity contribution in [1.82, 2.24) is 20.7 Å². The van der Waals surface area contributed by atoms with Crippen molar-refractivity contribution in [3.63, 3.8) is 0 Å². The molecule has 0 saturated carbocycles. The molecule has 1 aromatic heterocycles. The minimum Gasteiger partial charge on any atom is -0.444 e. The fourth-order valence-corrected chi connectivity index (χ4v) is 3.90. The molecule has 3 heterocycles. The number of aromatic nitrogens is 1. The lowest BCUT2D eigenvalue weighted by Gasteiger charge is -2.40. The van der Waals surface area contributed by atoms with E-state index in [1.54, 1.807) is 6.26 Å². The highest BCUT2D eigenvalue weighted by Crippen LogP contribution is 2.36. The first kappa shape index (κ1) is 22.8. The van der Waals surface area contributed by atoms with Crippen molar-refractivity contribution < 1.29 is 14.1 Å². The number of fused-ring (bicyclic) bond motifs is 2. The zero-order chi connectivity index (χ0) is 19.4. The Hall–Kier alpha value is -1.52. The molecule has 9 heteroatoms. The molecule has 2 aliphatic rings. The van der Waals surface area contributed by atoms with Crippen LogP contribution in [0.3, 0.4) is 0 Å². The van der Waals surface area contributed by atoms with Gasteiger partial charge in [-0.25, -0.2) is 9.79 Å². The Kier molecular flexibility index (Phi) is 7.97. The SMILES string of the molecule is CCNC(=NCc1ccon1)NC1CC2CCC(C1)N2C(=O)OC(C)(C)C.I. The van der Waals surface area contributed by atoms with Gasteiger partial charge >= 0.3 is 6.09 Å². The normalized spacial score (nSPS) is 24.5. The van der Waals surface area contributed by atoms with Crippen LogP contribution < -0.4 is 10.6 Å².